The van der Waals surface area contributed by atoms with E-state index in [-0.39, 0.29) is 11.5 Å². The summed E-state index contributed by atoms with van der Waals surface area (Å²) in [7, 11) is -4.80. The predicted octanol–water partition coefficient (Wildman–Crippen LogP) is 1.50. The van der Waals surface area contributed by atoms with Gasteiger partial charge in [0.15, 0.2) is 0 Å². The maximum atomic E-state index is 9.99. The van der Waals surface area contributed by atoms with Crippen LogP contribution in [-0.2, 0) is 6.42 Å². The summed E-state index contributed by atoms with van der Waals surface area (Å²) in [6, 6.07) is 6.71. The number of hydrogen-bond acceptors (Lipinski definition) is 3. The van der Waals surface area contributed by atoms with Gasteiger partial charge in [0.25, 0.3) is 0 Å². The first-order valence-electron chi connectivity index (χ1n) is 4.95. The molecule has 0 saturated carbocycles. The summed E-state index contributed by atoms with van der Waals surface area (Å²) in [6.07, 6.45) is 3.20. The first-order chi connectivity index (χ1) is 7.39. The summed E-state index contributed by atoms with van der Waals surface area (Å²) < 4.78 is 0. The van der Waals surface area contributed by atoms with Crippen molar-refractivity contribution < 1.29 is 14.7 Å². The Morgan fingerprint density at radius 3 is 2.25 bits per heavy atom. The Bertz CT molecular complexity index is 404. The minimum absolute atomic E-state index is 0.188. The molecule has 0 heterocycles. The van der Waals surface area contributed by atoms with Crippen LogP contribution in [0.2, 0.25) is 0 Å². The van der Waals surface area contributed by atoms with Crippen LogP contribution in [-0.4, -0.2) is 20.8 Å². The Labute approximate surface area is 95.6 Å². The van der Waals surface area contributed by atoms with Crippen LogP contribution in [0.4, 0.5) is 0 Å². The Kier molecular flexibility index (Phi) is 3.66. The third-order valence-electron chi connectivity index (χ3n) is 2.31. The van der Waals surface area contributed by atoms with E-state index >= 15 is 0 Å². The van der Waals surface area contributed by atoms with E-state index in [0.29, 0.717) is 12.0 Å². The minimum atomic E-state index is -4.80. The van der Waals surface area contributed by atoms with Gasteiger partial charge in [0, 0.05) is 0 Å². The molecule has 0 spiro atoms. The fraction of sp³-hybridized carbons (Fsp3) is 0.167. The van der Waals surface area contributed by atoms with E-state index in [4.69, 9.17) is 0 Å². The second kappa shape index (κ2) is 4.48. The Hall–Kier alpha value is -0.990. The first kappa shape index (κ1) is 13.1. The molecule has 88 valence electrons. The topological polar surface area (TPSA) is 60.7 Å². The van der Waals surface area contributed by atoms with Gasteiger partial charge in [0.2, 0.25) is 0 Å². The van der Waals surface area contributed by atoms with Crippen molar-refractivity contribution in [2.24, 2.45) is 0 Å². The molecule has 3 nitrogen and oxygen atoms in total. The molecule has 0 aromatic heterocycles. The quantitative estimate of drug-likeness (QED) is 0.540. The van der Waals surface area contributed by atoms with Crippen LogP contribution in [0.5, 0.6) is 0 Å². The summed E-state index contributed by atoms with van der Waals surface area (Å²) in [6.45, 7) is 7.02. The molecule has 0 fully saturated rings. The van der Waals surface area contributed by atoms with Crippen molar-refractivity contribution in [3.63, 3.8) is 0 Å². The van der Waals surface area contributed by atoms with Gasteiger partial charge in [0.1, 0.15) is 0 Å². The van der Waals surface area contributed by atoms with Gasteiger partial charge in [-0.25, -0.2) is 0 Å². The summed E-state index contributed by atoms with van der Waals surface area (Å²) in [5, 5.41) is 0.188. The van der Waals surface area contributed by atoms with Crippen molar-refractivity contribution in [1.29, 1.82) is 0 Å². The second-order valence-electron chi connectivity index (χ2n) is 3.74. The molecule has 16 heavy (non-hydrogen) atoms. The van der Waals surface area contributed by atoms with Gasteiger partial charge in [-0.05, 0) is 0 Å². The van der Waals surface area contributed by atoms with Crippen molar-refractivity contribution in [3.05, 3.63) is 55.1 Å². The maximum absolute atomic E-state index is 9.99. The van der Waals surface area contributed by atoms with Gasteiger partial charge in [-0.15, -0.1) is 0 Å². The number of hydrogen-bond donors (Lipinski definition) is 3. The van der Waals surface area contributed by atoms with E-state index < -0.39 is 7.28 Å². The van der Waals surface area contributed by atoms with Crippen molar-refractivity contribution >= 4 is 12.6 Å². The fourth-order valence-corrected chi connectivity index (χ4v) is 3.44. The molecule has 0 bridgehead atoms. The van der Waals surface area contributed by atoms with Crippen molar-refractivity contribution in [2.45, 2.75) is 6.42 Å². The average molecular weight is 240 g/mol. The molecule has 0 aliphatic heterocycles. The Balaban J connectivity index is 3.30. The van der Waals surface area contributed by atoms with Crippen LogP contribution in [0.15, 0.2) is 49.6 Å². The molecule has 1 aromatic carbocycles. The SMILES string of the molecule is C=CCc1ccccc1P(O)(O)(O)CC=C. The van der Waals surface area contributed by atoms with Gasteiger partial charge in [-0.2, -0.15) is 0 Å². The van der Waals surface area contributed by atoms with Crippen molar-refractivity contribution in [2.75, 3.05) is 6.16 Å². The van der Waals surface area contributed by atoms with Gasteiger partial charge >= 0.3 is 95.0 Å². The molecular weight excluding hydrogens is 223 g/mol. The third-order valence-corrected chi connectivity index (χ3v) is 4.67. The van der Waals surface area contributed by atoms with Crippen molar-refractivity contribution in [3.8, 4) is 0 Å². The molecule has 1 rings (SSSR count). The van der Waals surface area contributed by atoms with Crippen LogP contribution in [0, 0.1) is 0 Å². The Morgan fingerprint density at radius 1 is 1.06 bits per heavy atom. The van der Waals surface area contributed by atoms with E-state index in [9.17, 15) is 14.7 Å². The number of allylic oxidation sites excluding steroid dienone is 2. The number of benzene rings is 1. The van der Waals surface area contributed by atoms with Gasteiger partial charge in [-0.1, -0.05) is 0 Å². The molecule has 0 aliphatic carbocycles. The summed E-state index contributed by atoms with van der Waals surface area (Å²) >= 11 is 0. The average Bonchev–Trinajstić information content (AvgIpc) is 2.18. The van der Waals surface area contributed by atoms with Crippen LogP contribution in [0.25, 0.3) is 0 Å². The zero-order valence-electron chi connectivity index (χ0n) is 9.08. The predicted molar refractivity (Wildman–Crippen MR) is 68.6 cm³/mol. The fourth-order valence-electron chi connectivity index (χ4n) is 1.62. The standard InChI is InChI=1S/C12H17O3P/c1-3-7-11-8-5-6-9-12(11)16(13,14,15)10-4-2/h3-6,8-9,13-15H,1-2,7,10H2. The van der Waals surface area contributed by atoms with E-state index in [1.165, 1.54) is 12.1 Å². The zero-order chi connectivity index (χ0) is 12.3. The van der Waals surface area contributed by atoms with Crippen LogP contribution in [0.3, 0.4) is 0 Å². The molecule has 0 atom stereocenters. The van der Waals surface area contributed by atoms with Crippen LogP contribution < -0.4 is 5.30 Å². The molecule has 1 aromatic rings. The summed E-state index contributed by atoms with van der Waals surface area (Å²) in [4.78, 5) is 30.0. The van der Waals surface area contributed by atoms with Gasteiger partial charge in [-0.3, -0.25) is 0 Å². The van der Waals surface area contributed by atoms with Gasteiger partial charge < -0.3 is 0 Å². The molecule has 3 N–H and O–H groups in total. The van der Waals surface area contributed by atoms with E-state index in [1.54, 1.807) is 24.3 Å². The normalized spacial score (nSPS) is 13.8. The molecule has 0 aliphatic rings. The van der Waals surface area contributed by atoms with Crippen LogP contribution >= 0.6 is 7.28 Å². The number of rotatable bonds is 5. The molecular formula is C12H17O3P. The van der Waals surface area contributed by atoms with E-state index in [2.05, 4.69) is 13.2 Å². The van der Waals surface area contributed by atoms with E-state index in [0.717, 1.165) is 0 Å². The van der Waals surface area contributed by atoms with Gasteiger partial charge in [0.05, 0.1) is 0 Å². The zero-order valence-corrected chi connectivity index (χ0v) is 9.98. The van der Waals surface area contributed by atoms with E-state index in [1.807, 2.05) is 0 Å². The molecule has 0 saturated heterocycles. The molecule has 4 heteroatoms. The molecule has 0 unspecified atom stereocenters. The van der Waals surface area contributed by atoms with Crippen molar-refractivity contribution in [1.82, 2.24) is 0 Å². The molecule has 0 amide bonds. The monoisotopic (exact) mass is 240 g/mol. The van der Waals surface area contributed by atoms with Crippen LogP contribution in [0.1, 0.15) is 5.56 Å². The second-order valence-corrected chi connectivity index (χ2v) is 6.89. The third kappa shape index (κ3) is 2.77. The summed E-state index contributed by atoms with van der Waals surface area (Å²) in [5.74, 6) is 0. The summed E-state index contributed by atoms with van der Waals surface area (Å²) in [5.41, 5.74) is 0.671. The Morgan fingerprint density at radius 2 is 1.69 bits per heavy atom. The molecule has 0 radical (unpaired) electrons. The first-order valence-corrected chi connectivity index (χ1v) is 7.23.